The number of aryl methyl sites for hydroxylation is 1. The van der Waals surface area contributed by atoms with Crippen molar-refractivity contribution in [1.82, 2.24) is 14.9 Å². The monoisotopic (exact) mass is 265 g/mol. The van der Waals surface area contributed by atoms with Crippen LogP contribution in [-0.2, 0) is 6.54 Å². The molecule has 0 saturated carbocycles. The van der Waals surface area contributed by atoms with Gasteiger partial charge in [0.25, 0.3) is 0 Å². The van der Waals surface area contributed by atoms with E-state index in [0.717, 1.165) is 12.1 Å². The van der Waals surface area contributed by atoms with Crippen LogP contribution in [0.4, 0.5) is 0 Å². The number of rotatable bonds is 4. The van der Waals surface area contributed by atoms with Crippen LogP contribution >= 0.6 is 0 Å². The lowest BCUT2D eigenvalue weighted by molar-refractivity contribution is 0.574. The van der Waals surface area contributed by atoms with Crippen LogP contribution in [-0.4, -0.2) is 9.61 Å². The summed E-state index contributed by atoms with van der Waals surface area (Å²) in [6, 6.07) is 15.0. The summed E-state index contributed by atoms with van der Waals surface area (Å²) in [5, 5.41) is 7.94. The van der Waals surface area contributed by atoms with Gasteiger partial charge in [0.1, 0.15) is 0 Å². The zero-order chi connectivity index (χ0) is 13.9. The Labute approximate surface area is 119 Å². The molecule has 102 valence electrons. The highest BCUT2D eigenvalue weighted by Crippen LogP contribution is 2.18. The lowest BCUT2D eigenvalue weighted by Crippen LogP contribution is -2.18. The molecule has 3 heteroatoms. The minimum Gasteiger partial charge on any atom is -0.306 e. The van der Waals surface area contributed by atoms with Crippen molar-refractivity contribution in [3.63, 3.8) is 0 Å². The van der Waals surface area contributed by atoms with E-state index in [1.165, 1.54) is 16.7 Å². The minimum atomic E-state index is 0.329. The van der Waals surface area contributed by atoms with Crippen molar-refractivity contribution in [2.75, 3.05) is 0 Å². The summed E-state index contributed by atoms with van der Waals surface area (Å²) >= 11 is 0. The maximum atomic E-state index is 4.36. The molecule has 20 heavy (non-hydrogen) atoms. The molecule has 0 unspecified atom stereocenters. The van der Waals surface area contributed by atoms with Crippen molar-refractivity contribution in [1.29, 1.82) is 0 Å². The number of hydrogen-bond acceptors (Lipinski definition) is 2. The van der Waals surface area contributed by atoms with Crippen LogP contribution < -0.4 is 5.32 Å². The zero-order valence-electron chi connectivity index (χ0n) is 11.9. The number of benzene rings is 1. The topological polar surface area (TPSA) is 29.3 Å². The number of fused-ring (bicyclic) bond motifs is 1. The van der Waals surface area contributed by atoms with Crippen LogP contribution in [0.2, 0.25) is 0 Å². The first-order valence-corrected chi connectivity index (χ1v) is 6.96. The van der Waals surface area contributed by atoms with Gasteiger partial charge in [-0.2, -0.15) is 5.10 Å². The molecule has 2 heterocycles. The number of nitrogens with one attached hydrogen (secondary N) is 1. The second kappa shape index (κ2) is 5.47. The summed E-state index contributed by atoms with van der Waals surface area (Å²) in [5.74, 6) is 0. The molecular weight excluding hydrogens is 246 g/mol. The third kappa shape index (κ3) is 2.45. The summed E-state index contributed by atoms with van der Waals surface area (Å²) in [4.78, 5) is 0. The Kier molecular flexibility index (Phi) is 3.52. The summed E-state index contributed by atoms with van der Waals surface area (Å²) in [6.45, 7) is 5.18. The van der Waals surface area contributed by atoms with E-state index in [0.29, 0.717) is 6.04 Å². The molecule has 1 atom stereocenters. The Morgan fingerprint density at radius 3 is 2.80 bits per heavy atom. The minimum absolute atomic E-state index is 0.329. The first kappa shape index (κ1) is 12.9. The van der Waals surface area contributed by atoms with E-state index in [1.54, 1.807) is 0 Å². The van der Waals surface area contributed by atoms with E-state index in [4.69, 9.17) is 0 Å². The number of hydrogen-bond donors (Lipinski definition) is 1. The smallest absolute Gasteiger partial charge is 0.0706 e. The fourth-order valence-corrected chi connectivity index (χ4v) is 2.57. The molecule has 0 fully saturated rings. The Bertz CT molecular complexity index is 715. The number of nitrogens with zero attached hydrogens (tertiary/aromatic N) is 2. The van der Waals surface area contributed by atoms with E-state index in [1.807, 2.05) is 29.0 Å². The molecule has 0 aliphatic heterocycles. The van der Waals surface area contributed by atoms with Gasteiger partial charge < -0.3 is 5.32 Å². The van der Waals surface area contributed by atoms with Crippen molar-refractivity contribution in [3.8, 4) is 0 Å². The first-order chi connectivity index (χ1) is 9.75. The largest absolute Gasteiger partial charge is 0.306 e. The quantitative estimate of drug-likeness (QED) is 0.782. The molecule has 0 radical (unpaired) electrons. The molecule has 0 saturated heterocycles. The molecule has 1 aromatic carbocycles. The molecule has 1 N–H and O–H groups in total. The van der Waals surface area contributed by atoms with Gasteiger partial charge in [0.15, 0.2) is 0 Å². The van der Waals surface area contributed by atoms with Gasteiger partial charge >= 0.3 is 0 Å². The van der Waals surface area contributed by atoms with E-state index >= 15 is 0 Å². The summed E-state index contributed by atoms with van der Waals surface area (Å²) in [6.07, 6.45) is 3.91. The third-order valence-corrected chi connectivity index (χ3v) is 3.76. The summed E-state index contributed by atoms with van der Waals surface area (Å²) in [5.41, 5.74) is 5.07. The van der Waals surface area contributed by atoms with Crippen molar-refractivity contribution in [2.45, 2.75) is 26.4 Å². The van der Waals surface area contributed by atoms with E-state index in [2.05, 4.69) is 54.6 Å². The SMILES string of the molecule is Cc1ccccc1[C@@H](C)NCc1cnn2ccccc12. The van der Waals surface area contributed by atoms with Crippen molar-refractivity contribution in [3.05, 3.63) is 71.5 Å². The molecule has 3 nitrogen and oxygen atoms in total. The van der Waals surface area contributed by atoms with Crippen LogP contribution in [0.3, 0.4) is 0 Å². The Morgan fingerprint density at radius 2 is 1.95 bits per heavy atom. The second-order valence-corrected chi connectivity index (χ2v) is 5.16. The van der Waals surface area contributed by atoms with E-state index in [-0.39, 0.29) is 0 Å². The molecule has 0 aliphatic rings. The lowest BCUT2D eigenvalue weighted by Gasteiger charge is -2.16. The van der Waals surface area contributed by atoms with Crippen LogP contribution in [0.25, 0.3) is 5.52 Å². The van der Waals surface area contributed by atoms with Gasteiger partial charge in [0.05, 0.1) is 11.7 Å². The van der Waals surface area contributed by atoms with Gasteiger partial charge in [-0.05, 0) is 37.1 Å². The van der Waals surface area contributed by atoms with Gasteiger partial charge in [-0.3, -0.25) is 0 Å². The zero-order valence-corrected chi connectivity index (χ0v) is 11.9. The fraction of sp³-hybridized carbons (Fsp3) is 0.235. The molecule has 0 bridgehead atoms. The molecular formula is C17H19N3. The first-order valence-electron chi connectivity index (χ1n) is 6.96. The van der Waals surface area contributed by atoms with E-state index in [9.17, 15) is 0 Å². The Hall–Kier alpha value is -2.13. The molecule has 0 aliphatic carbocycles. The van der Waals surface area contributed by atoms with Crippen LogP contribution in [0, 0.1) is 6.92 Å². The van der Waals surface area contributed by atoms with Crippen molar-refractivity contribution >= 4 is 5.52 Å². The van der Waals surface area contributed by atoms with Gasteiger partial charge in [-0.15, -0.1) is 0 Å². The van der Waals surface area contributed by atoms with Gasteiger partial charge in [0.2, 0.25) is 0 Å². The van der Waals surface area contributed by atoms with Gasteiger partial charge in [-0.25, -0.2) is 4.52 Å². The Balaban J connectivity index is 1.75. The van der Waals surface area contributed by atoms with Crippen molar-refractivity contribution in [2.24, 2.45) is 0 Å². The summed E-state index contributed by atoms with van der Waals surface area (Å²) < 4.78 is 1.91. The second-order valence-electron chi connectivity index (χ2n) is 5.16. The van der Waals surface area contributed by atoms with Gasteiger partial charge in [0, 0.05) is 24.3 Å². The highest BCUT2D eigenvalue weighted by molar-refractivity contribution is 5.53. The highest BCUT2D eigenvalue weighted by atomic mass is 15.2. The molecule has 3 rings (SSSR count). The fourth-order valence-electron chi connectivity index (χ4n) is 2.57. The number of pyridine rings is 1. The van der Waals surface area contributed by atoms with E-state index < -0.39 is 0 Å². The number of aromatic nitrogens is 2. The lowest BCUT2D eigenvalue weighted by atomic mass is 10.0. The average Bonchev–Trinajstić information content (AvgIpc) is 2.88. The normalized spacial score (nSPS) is 12.7. The van der Waals surface area contributed by atoms with Gasteiger partial charge in [-0.1, -0.05) is 30.3 Å². The molecule has 0 amide bonds. The molecule has 2 aromatic heterocycles. The maximum Gasteiger partial charge on any atom is 0.0706 e. The predicted molar refractivity (Wildman–Crippen MR) is 81.6 cm³/mol. The predicted octanol–water partition coefficient (Wildman–Crippen LogP) is 3.49. The standard InChI is InChI=1S/C17H19N3/c1-13-7-3-4-8-16(13)14(2)18-11-15-12-19-20-10-6-5-9-17(15)20/h3-10,12,14,18H,11H2,1-2H3/t14-/m1/s1. The van der Waals surface area contributed by atoms with Crippen LogP contribution in [0.15, 0.2) is 54.9 Å². The molecule has 0 spiro atoms. The maximum absolute atomic E-state index is 4.36. The highest BCUT2D eigenvalue weighted by Gasteiger charge is 2.09. The van der Waals surface area contributed by atoms with Crippen molar-refractivity contribution < 1.29 is 0 Å². The van der Waals surface area contributed by atoms with Crippen LogP contribution in [0.1, 0.15) is 29.7 Å². The molecule has 3 aromatic rings. The average molecular weight is 265 g/mol. The third-order valence-electron chi connectivity index (χ3n) is 3.76. The Morgan fingerprint density at radius 1 is 1.15 bits per heavy atom. The summed E-state index contributed by atoms with van der Waals surface area (Å²) in [7, 11) is 0. The van der Waals surface area contributed by atoms with Crippen LogP contribution in [0.5, 0.6) is 0 Å².